The third-order valence-electron chi connectivity index (χ3n) is 4.07. The second kappa shape index (κ2) is 7.98. The first-order valence-electron chi connectivity index (χ1n) is 9.14. The first kappa shape index (κ1) is 20.7. The van der Waals surface area contributed by atoms with Crippen LogP contribution in [0.4, 0.5) is 10.5 Å². The van der Waals surface area contributed by atoms with E-state index < -0.39 is 23.3 Å². The predicted octanol–water partition coefficient (Wildman–Crippen LogP) is 2.75. The van der Waals surface area contributed by atoms with Crippen molar-refractivity contribution in [3.63, 3.8) is 0 Å². The molecule has 3 N–H and O–H groups in total. The van der Waals surface area contributed by atoms with E-state index in [0.717, 1.165) is 11.3 Å². The Labute approximate surface area is 160 Å². The number of carbonyl (C=O) groups is 3. The van der Waals surface area contributed by atoms with Gasteiger partial charge in [0.15, 0.2) is 0 Å². The second-order valence-electron chi connectivity index (χ2n) is 8.49. The Hall–Kier alpha value is -2.57. The van der Waals surface area contributed by atoms with Gasteiger partial charge in [-0.25, -0.2) is 4.79 Å². The van der Waals surface area contributed by atoms with Gasteiger partial charge in [-0.2, -0.15) is 0 Å². The average Bonchev–Trinajstić information content (AvgIpc) is 2.63. The third-order valence-corrected chi connectivity index (χ3v) is 4.07. The highest BCUT2D eigenvalue weighted by atomic mass is 16.6. The van der Waals surface area contributed by atoms with Crippen LogP contribution >= 0.6 is 0 Å². The van der Waals surface area contributed by atoms with Crippen LogP contribution in [0.1, 0.15) is 53.0 Å². The number of amides is 3. The molecule has 7 heteroatoms. The van der Waals surface area contributed by atoms with Gasteiger partial charge in [-0.1, -0.05) is 18.2 Å². The fourth-order valence-electron chi connectivity index (χ4n) is 2.92. The van der Waals surface area contributed by atoms with Crippen molar-refractivity contribution >= 4 is 23.6 Å². The number of para-hydroxylation sites is 1. The average molecular weight is 375 g/mol. The summed E-state index contributed by atoms with van der Waals surface area (Å²) in [5.74, 6) is -0.534. The van der Waals surface area contributed by atoms with E-state index in [2.05, 4.69) is 16.0 Å². The summed E-state index contributed by atoms with van der Waals surface area (Å²) in [6.45, 7) is 8.79. The number of nitrogens with one attached hydrogen (secondary N) is 3. The highest BCUT2D eigenvalue weighted by molar-refractivity contribution is 5.98. The maximum atomic E-state index is 12.4. The predicted molar refractivity (Wildman–Crippen MR) is 103 cm³/mol. The molecule has 0 spiro atoms. The molecule has 0 radical (unpaired) electrons. The van der Waals surface area contributed by atoms with E-state index in [1.165, 1.54) is 0 Å². The lowest BCUT2D eigenvalue weighted by Crippen LogP contribution is -2.51. The molecule has 0 bridgehead atoms. The summed E-state index contributed by atoms with van der Waals surface area (Å²) in [5.41, 5.74) is 0.410. The molecule has 0 fully saturated rings. The zero-order chi connectivity index (χ0) is 20.2. The van der Waals surface area contributed by atoms with Gasteiger partial charge in [-0.15, -0.1) is 0 Å². The Morgan fingerprint density at radius 2 is 1.85 bits per heavy atom. The molecular formula is C20H29N3O4. The topological polar surface area (TPSA) is 96.5 Å². The number of anilines is 1. The first-order valence-corrected chi connectivity index (χ1v) is 9.14. The van der Waals surface area contributed by atoms with E-state index in [9.17, 15) is 14.4 Å². The van der Waals surface area contributed by atoms with Gasteiger partial charge in [0.2, 0.25) is 11.8 Å². The lowest BCUT2D eigenvalue weighted by molar-refractivity contribution is -0.127. The van der Waals surface area contributed by atoms with E-state index in [1.54, 1.807) is 34.6 Å². The standard InChI is InChI=1S/C20H29N3O4/c1-19(2,3)27-18(26)23-20(4,5)12-16(24)21-15-11-10-13-8-6-7-9-14(13)22-17(15)25/h6-9,15H,10-12H2,1-5H3,(H,21,24)(H,22,25)(H,23,26)/t15-/m1/s1. The quantitative estimate of drug-likeness (QED) is 0.754. The van der Waals surface area contributed by atoms with Crippen molar-refractivity contribution in [2.75, 3.05) is 5.32 Å². The molecule has 27 heavy (non-hydrogen) atoms. The highest BCUT2D eigenvalue weighted by Crippen LogP contribution is 2.21. The molecule has 1 aliphatic rings. The normalized spacial score (nSPS) is 17.2. The minimum Gasteiger partial charge on any atom is -0.444 e. The van der Waals surface area contributed by atoms with Crippen LogP contribution in [0.3, 0.4) is 0 Å². The molecule has 1 atom stereocenters. The Kier molecular flexibility index (Phi) is 6.13. The highest BCUT2D eigenvalue weighted by Gasteiger charge is 2.30. The SMILES string of the molecule is CC(C)(CC(=O)N[C@@H]1CCc2ccccc2NC1=O)NC(=O)OC(C)(C)C. The first-order chi connectivity index (χ1) is 12.5. The second-order valence-corrected chi connectivity index (χ2v) is 8.49. The summed E-state index contributed by atoms with van der Waals surface area (Å²) in [4.78, 5) is 36.8. The van der Waals surface area contributed by atoms with E-state index in [4.69, 9.17) is 4.74 Å². The summed E-state index contributed by atoms with van der Waals surface area (Å²) in [7, 11) is 0. The summed E-state index contributed by atoms with van der Waals surface area (Å²) < 4.78 is 5.23. The van der Waals surface area contributed by atoms with Crippen molar-refractivity contribution in [1.82, 2.24) is 10.6 Å². The number of fused-ring (bicyclic) bond motifs is 1. The summed E-state index contributed by atoms with van der Waals surface area (Å²) >= 11 is 0. The summed E-state index contributed by atoms with van der Waals surface area (Å²) in [6, 6.07) is 7.00. The number of benzene rings is 1. The molecule has 7 nitrogen and oxygen atoms in total. The van der Waals surface area contributed by atoms with Gasteiger partial charge < -0.3 is 20.7 Å². The maximum absolute atomic E-state index is 12.4. The fraction of sp³-hybridized carbons (Fsp3) is 0.550. The molecule has 0 aromatic heterocycles. The van der Waals surface area contributed by atoms with Crippen LogP contribution in [0, 0.1) is 0 Å². The molecule has 1 heterocycles. The summed E-state index contributed by atoms with van der Waals surface area (Å²) in [5, 5.41) is 8.33. The van der Waals surface area contributed by atoms with Crippen LogP contribution in [0.15, 0.2) is 24.3 Å². The zero-order valence-electron chi connectivity index (χ0n) is 16.6. The number of rotatable bonds is 4. The molecule has 0 unspecified atom stereocenters. The van der Waals surface area contributed by atoms with E-state index in [1.807, 2.05) is 24.3 Å². The Morgan fingerprint density at radius 1 is 1.19 bits per heavy atom. The molecule has 2 rings (SSSR count). The van der Waals surface area contributed by atoms with Crippen LogP contribution in [0.25, 0.3) is 0 Å². The maximum Gasteiger partial charge on any atom is 0.408 e. The molecule has 0 saturated carbocycles. The fourth-order valence-corrected chi connectivity index (χ4v) is 2.92. The minimum absolute atomic E-state index is 0.0307. The van der Waals surface area contributed by atoms with Gasteiger partial charge in [0.1, 0.15) is 11.6 Å². The Bertz CT molecular complexity index is 722. The number of aryl methyl sites for hydroxylation is 1. The van der Waals surface area contributed by atoms with Gasteiger partial charge in [-0.3, -0.25) is 9.59 Å². The van der Waals surface area contributed by atoms with Gasteiger partial charge >= 0.3 is 6.09 Å². The molecule has 148 valence electrons. The summed E-state index contributed by atoms with van der Waals surface area (Å²) in [6.07, 6.45) is 0.666. The molecule has 0 saturated heterocycles. The van der Waals surface area contributed by atoms with Gasteiger partial charge in [0, 0.05) is 17.6 Å². The van der Waals surface area contributed by atoms with E-state index >= 15 is 0 Å². The van der Waals surface area contributed by atoms with E-state index in [-0.39, 0.29) is 18.2 Å². The number of hydrogen-bond acceptors (Lipinski definition) is 4. The van der Waals surface area contributed by atoms with Crippen molar-refractivity contribution in [3.05, 3.63) is 29.8 Å². The van der Waals surface area contributed by atoms with Crippen LogP contribution in [0.5, 0.6) is 0 Å². The van der Waals surface area contributed by atoms with Crippen LogP contribution in [0.2, 0.25) is 0 Å². The molecule has 0 aliphatic carbocycles. The van der Waals surface area contributed by atoms with Gasteiger partial charge in [0.25, 0.3) is 0 Å². The lowest BCUT2D eigenvalue weighted by atomic mass is 9.99. The number of hydrogen-bond donors (Lipinski definition) is 3. The Balaban J connectivity index is 1.91. The minimum atomic E-state index is -0.809. The molecule has 3 amide bonds. The van der Waals surface area contributed by atoms with Gasteiger partial charge in [0.05, 0.1) is 0 Å². The van der Waals surface area contributed by atoms with Crippen LogP contribution in [-0.4, -0.2) is 35.1 Å². The monoisotopic (exact) mass is 375 g/mol. The lowest BCUT2D eigenvalue weighted by Gasteiger charge is -2.28. The zero-order valence-corrected chi connectivity index (χ0v) is 16.6. The van der Waals surface area contributed by atoms with E-state index in [0.29, 0.717) is 12.8 Å². The molecule has 1 aromatic rings. The smallest absolute Gasteiger partial charge is 0.408 e. The van der Waals surface area contributed by atoms with Crippen molar-refractivity contribution in [3.8, 4) is 0 Å². The number of alkyl carbamates (subject to hydrolysis) is 1. The van der Waals surface area contributed by atoms with Crippen molar-refractivity contribution in [2.45, 2.75) is 71.1 Å². The number of ether oxygens (including phenoxy) is 1. The molecular weight excluding hydrogens is 346 g/mol. The van der Waals surface area contributed by atoms with Gasteiger partial charge in [-0.05, 0) is 59.1 Å². The Morgan fingerprint density at radius 3 is 2.52 bits per heavy atom. The number of carbonyl (C=O) groups excluding carboxylic acids is 3. The molecule has 1 aromatic carbocycles. The van der Waals surface area contributed by atoms with Crippen LogP contribution in [-0.2, 0) is 20.7 Å². The van der Waals surface area contributed by atoms with Crippen LogP contribution < -0.4 is 16.0 Å². The van der Waals surface area contributed by atoms with Crippen molar-refractivity contribution in [2.24, 2.45) is 0 Å². The largest absolute Gasteiger partial charge is 0.444 e. The third kappa shape index (κ3) is 6.58. The van der Waals surface area contributed by atoms with Crippen molar-refractivity contribution < 1.29 is 19.1 Å². The van der Waals surface area contributed by atoms with Crippen molar-refractivity contribution in [1.29, 1.82) is 0 Å². The molecule has 1 aliphatic heterocycles.